The van der Waals surface area contributed by atoms with Crippen molar-refractivity contribution in [3.63, 3.8) is 0 Å². The molecule has 0 amide bonds. The predicted octanol–water partition coefficient (Wildman–Crippen LogP) is -1.49. The maximum Gasteiger partial charge on any atom is 0.357 e. The van der Waals surface area contributed by atoms with Gasteiger partial charge in [-0.05, 0) is 199 Å². The Bertz CT molecular complexity index is 2810. The van der Waals surface area contributed by atoms with Crippen LogP contribution in [0.3, 0.4) is 0 Å². The van der Waals surface area contributed by atoms with Crippen molar-refractivity contribution in [3.8, 4) is 0 Å². The molecule has 0 fully saturated rings. The van der Waals surface area contributed by atoms with Crippen LogP contribution >= 0.6 is 23.5 Å². The van der Waals surface area contributed by atoms with Crippen LogP contribution in [0, 0.1) is 93.3 Å². The van der Waals surface area contributed by atoms with Gasteiger partial charge in [0.2, 0.25) is 0 Å². The highest BCUT2D eigenvalue weighted by atomic mass is 127. The molecular weight excluding hydrogens is 1230 g/mol. The normalized spacial score (nSPS) is 11.6. The lowest BCUT2D eigenvalue weighted by molar-refractivity contribution is -2.00. The molecule has 0 aliphatic heterocycles. The number of halogens is 4. The SMILES string of the molecule is Cc1cccc([S+](c2ccc(Sc3ccc([I+]c4ccc(Sc5ccc([S+](c6cccc(C)c6C)c6cccc(C)c6C)cc5)cc4)cc3)cc2)c2cccc(C)c2C)c1C.[O-][Cl+3]([O-])([O-])[O-].[O-][Cl+3]([O-])([O-])[O-].[O-][Cl+3]([O-])([O-])[O-]. The lowest BCUT2D eigenvalue weighted by Crippen LogP contribution is -3.61. The molecule has 8 rings (SSSR count). The van der Waals surface area contributed by atoms with Crippen molar-refractivity contribution in [1.29, 1.82) is 0 Å². The van der Waals surface area contributed by atoms with E-state index in [2.05, 4.69) is 225 Å². The summed E-state index contributed by atoms with van der Waals surface area (Å²) < 4.78 is 105. The highest BCUT2D eigenvalue weighted by Gasteiger charge is 2.34. The third kappa shape index (κ3) is 20.5. The molecule has 0 aliphatic rings. The van der Waals surface area contributed by atoms with Crippen molar-refractivity contribution >= 4 is 45.3 Å². The Hall–Kier alpha value is -3.72. The van der Waals surface area contributed by atoms with Gasteiger partial charge in [0.25, 0.3) is 0 Å². The topological polar surface area (TPSA) is 277 Å². The summed E-state index contributed by atoms with van der Waals surface area (Å²) in [5.41, 5.74) is 10.9. The molecule has 0 atom stereocenters. The Morgan fingerprint density at radius 2 is 0.487 bits per heavy atom. The van der Waals surface area contributed by atoms with Gasteiger partial charge in [0.15, 0.2) is 36.5 Å². The first-order valence-corrected chi connectivity index (χ1v) is 32.5. The smallest absolute Gasteiger partial charge is 0.222 e. The highest BCUT2D eigenvalue weighted by Crippen LogP contribution is 2.40. The van der Waals surface area contributed by atoms with Gasteiger partial charge in [-0.25, -0.2) is 55.9 Å². The van der Waals surface area contributed by atoms with Crippen molar-refractivity contribution in [2.75, 3.05) is 0 Å². The fraction of sp³-hybridized carbons (Fsp3) is 0.143. The Kier molecular flexibility index (Phi) is 23.6. The summed E-state index contributed by atoms with van der Waals surface area (Å²) in [5, 5.41) is 0. The lowest BCUT2D eigenvalue weighted by atomic mass is 10.1. The average molecular weight is 1280 g/mol. The number of rotatable bonds is 12. The van der Waals surface area contributed by atoms with Gasteiger partial charge in [0, 0.05) is 41.8 Å². The van der Waals surface area contributed by atoms with E-state index in [9.17, 15) is 0 Å². The molecule has 400 valence electrons. The molecule has 0 saturated heterocycles. The van der Waals surface area contributed by atoms with Crippen LogP contribution in [0.5, 0.6) is 0 Å². The molecule has 0 aromatic heterocycles. The molecule has 0 radical (unpaired) electrons. The van der Waals surface area contributed by atoms with Crippen LogP contribution in [0.4, 0.5) is 0 Å². The quantitative estimate of drug-likeness (QED) is 0.0996. The van der Waals surface area contributed by atoms with Crippen molar-refractivity contribution in [2.24, 2.45) is 0 Å². The van der Waals surface area contributed by atoms with Crippen LogP contribution in [0.25, 0.3) is 0 Å². The van der Waals surface area contributed by atoms with Crippen molar-refractivity contribution < 1.29 is 108 Å². The van der Waals surface area contributed by atoms with E-state index in [1.54, 1.807) is 0 Å². The first-order chi connectivity index (χ1) is 35.5. The van der Waals surface area contributed by atoms with Gasteiger partial charge in [0.05, 0.1) is 21.8 Å². The molecule has 12 nitrogen and oxygen atoms in total. The largest absolute Gasteiger partial charge is 0.357 e. The zero-order chi connectivity index (χ0) is 56.1. The van der Waals surface area contributed by atoms with Gasteiger partial charge < -0.3 is 0 Å². The second kappa shape index (κ2) is 28.4. The summed E-state index contributed by atoms with van der Waals surface area (Å²) in [5.74, 6) is 0. The fourth-order valence-corrected chi connectivity index (χ4v) is 16.2. The van der Waals surface area contributed by atoms with Crippen molar-refractivity contribution in [1.82, 2.24) is 0 Å². The van der Waals surface area contributed by atoms with Gasteiger partial charge in [-0.1, -0.05) is 72.1 Å². The van der Waals surface area contributed by atoms with Gasteiger partial charge in [-0.2, -0.15) is 0 Å². The summed E-state index contributed by atoms with van der Waals surface area (Å²) >= 11 is 3.42. The molecule has 20 heteroatoms. The third-order valence-corrected chi connectivity index (χ3v) is 21.3. The molecule has 0 bridgehead atoms. The average Bonchev–Trinajstić information content (AvgIpc) is 3.33. The summed E-state index contributed by atoms with van der Waals surface area (Å²) in [7, 11) is -15.2. The van der Waals surface area contributed by atoms with Crippen molar-refractivity contribution in [2.45, 2.75) is 104 Å². The number of hydrogen-bond acceptors (Lipinski definition) is 14. The van der Waals surface area contributed by atoms with Gasteiger partial charge >= 0.3 is 21.2 Å². The maximum absolute atomic E-state index is 8.49. The van der Waals surface area contributed by atoms with Crippen LogP contribution < -0.4 is 77.1 Å². The van der Waals surface area contributed by atoms with E-state index < -0.39 is 30.7 Å². The number of aryl methyl sites for hydroxylation is 4. The Morgan fingerprint density at radius 1 is 0.289 bits per heavy atom. The molecule has 0 heterocycles. The Labute approximate surface area is 474 Å². The first-order valence-electron chi connectivity index (χ1n) is 22.5. The molecule has 0 saturated carbocycles. The van der Waals surface area contributed by atoms with Gasteiger partial charge in [-0.15, -0.1) is 30.7 Å². The summed E-state index contributed by atoms with van der Waals surface area (Å²) in [6.07, 6.45) is 0. The van der Waals surface area contributed by atoms with Crippen LogP contribution in [0.2, 0.25) is 0 Å². The second-order valence-electron chi connectivity index (χ2n) is 16.7. The van der Waals surface area contributed by atoms with Crippen LogP contribution in [-0.2, 0) is 21.8 Å². The standard InChI is InChI=1S/C56H52IS4.3ClHO4/c1-37-13-9-17-53(41(37)5)60(54-18-10-14-38(2)42(54)6)51-33-29-49(30-34-51)58-47-25-21-45(22-26-47)57-46-23-27-48(28-24-46)59-50-31-35-52(36-32-50)61(55-19-11-15-39(3)43(55)7)56-20-12-16-40(4)44(56)8;3*2-1(3,4)5/h9-36H,1-8H3;3*(H,2,3,4,5)/q+3;;;/p-3. The molecule has 0 unspecified atom stereocenters. The summed E-state index contributed by atoms with van der Waals surface area (Å²) in [6.45, 7) is 18.0. The van der Waals surface area contributed by atoms with Crippen molar-refractivity contribution in [3.05, 3.63) is 222 Å². The molecule has 8 aromatic rings. The predicted molar refractivity (Wildman–Crippen MR) is 259 cm³/mol. The zero-order valence-corrected chi connectivity index (χ0v) is 49.9. The highest BCUT2D eigenvalue weighted by molar-refractivity contribution is 7.99. The molecule has 0 N–H and O–H groups in total. The van der Waals surface area contributed by atoms with E-state index in [0.717, 1.165) is 0 Å². The Morgan fingerprint density at radius 3 is 0.697 bits per heavy atom. The van der Waals surface area contributed by atoms with Crippen LogP contribution in [0.15, 0.2) is 219 Å². The fourth-order valence-electron chi connectivity index (χ4n) is 7.34. The monoisotopic (exact) mass is 1280 g/mol. The van der Waals surface area contributed by atoms with E-state index in [4.69, 9.17) is 55.9 Å². The summed E-state index contributed by atoms with van der Waals surface area (Å²) in [6, 6.07) is 64.2. The Balaban J connectivity index is 0.000000627. The molecule has 0 aliphatic carbocycles. The zero-order valence-electron chi connectivity index (χ0n) is 42.2. The van der Waals surface area contributed by atoms with E-state index in [1.165, 1.54) is 101 Å². The second-order valence-corrected chi connectivity index (χ2v) is 28.2. The number of benzene rings is 8. The minimum absolute atomic E-state index is 0.172. The molecule has 8 aromatic carbocycles. The van der Waals surface area contributed by atoms with E-state index in [0.29, 0.717) is 0 Å². The van der Waals surface area contributed by atoms with E-state index >= 15 is 0 Å². The number of hydrogen-bond donors (Lipinski definition) is 0. The minimum atomic E-state index is -4.94. The van der Waals surface area contributed by atoms with E-state index in [1.807, 2.05) is 23.5 Å². The molecule has 76 heavy (non-hydrogen) atoms. The first kappa shape index (κ1) is 63.1. The van der Waals surface area contributed by atoms with E-state index in [-0.39, 0.29) is 43.0 Å². The lowest BCUT2D eigenvalue weighted by Gasteiger charge is -2.17. The molecular formula is C56H52Cl3IO12S4. The summed E-state index contributed by atoms with van der Waals surface area (Å²) in [4.78, 5) is 13.5. The minimum Gasteiger partial charge on any atom is -0.222 e. The van der Waals surface area contributed by atoms with Gasteiger partial charge in [-0.3, -0.25) is 0 Å². The van der Waals surface area contributed by atoms with Gasteiger partial charge in [0.1, 0.15) is 0 Å². The maximum atomic E-state index is 8.49. The third-order valence-electron chi connectivity index (χ3n) is 11.5. The van der Waals surface area contributed by atoms with Crippen LogP contribution in [0.1, 0.15) is 44.5 Å². The molecule has 0 spiro atoms. The van der Waals surface area contributed by atoms with Crippen LogP contribution in [-0.4, -0.2) is 0 Å².